The van der Waals surface area contributed by atoms with Crippen molar-refractivity contribution in [1.82, 2.24) is 5.32 Å². The molecule has 0 radical (unpaired) electrons. The van der Waals surface area contributed by atoms with Crippen molar-refractivity contribution in [2.75, 3.05) is 0 Å². The Kier molecular flexibility index (Phi) is 4.18. The highest BCUT2D eigenvalue weighted by atomic mass is 16.5. The predicted octanol–water partition coefficient (Wildman–Crippen LogP) is 5.32. The summed E-state index contributed by atoms with van der Waals surface area (Å²) in [5.41, 5.74) is 2.83. The minimum Gasteiger partial charge on any atom is -0.366 e. The summed E-state index contributed by atoms with van der Waals surface area (Å²) in [5.74, 6) is 3.59. The third kappa shape index (κ3) is 2.99. The number of rotatable bonds is 3. The average Bonchev–Trinajstić information content (AvgIpc) is 3.05. The molecule has 1 aliphatic heterocycles. The highest BCUT2D eigenvalue weighted by Gasteiger charge is 2.52. The molecule has 1 amide bonds. The van der Waals surface area contributed by atoms with Crippen molar-refractivity contribution in [3.05, 3.63) is 35.4 Å². The second-order valence-corrected chi connectivity index (χ2v) is 11.3. The smallest absolute Gasteiger partial charge is 0.223 e. The molecule has 3 heteroatoms. The van der Waals surface area contributed by atoms with E-state index >= 15 is 0 Å². The molecular formula is C26H35NO2. The van der Waals surface area contributed by atoms with Crippen LogP contribution in [-0.4, -0.2) is 11.4 Å². The van der Waals surface area contributed by atoms with E-state index in [4.69, 9.17) is 4.74 Å². The molecule has 3 nitrogen and oxygen atoms in total. The predicted molar refractivity (Wildman–Crippen MR) is 113 cm³/mol. The van der Waals surface area contributed by atoms with Gasteiger partial charge in [-0.3, -0.25) is 4.79 Å². The Balaban J connectivity index is 1.11. The van der Waals surface area contributed by atoms with E-state index in [0.29, 0.717) is 11.8 Å². The van der Waals surface area contributed by atoms with Gasteiger partial charge in [-0.2, -0.15) is 0 Å². The van der Waals surface area contributed by atoms with Gasteiger partial charge in [0.25, 0.3) is 0 Å². The first-order valence-corrected chi connectivity index (χ1v) is 12.1. The second kappa shape index (κ2) is 6.57. The molecular weight excluding hydrogens is 358 g/mol. The number of amides is 1. The van der Waals surface area contributed by atoms with Crippen LogP contribution < -0.4 is 5.32 Å². The highest BCUT2D eigenvalue weighted by Crippen LogP contribution is 2.56. The zero-order valence-corrected chi connectivity index (χ0v) is 17.8. The van der Waals surface area contributed by atoms with E-state index in [9.17, 15) is 4.79 Å². The molecule has 29 heavy (non-hydrogen) atoms. The molecule has 5 fully saturated rings. The summed E-state index contributed by atoms with van der Waals surface area (Å²) in [6, 6.07) is 8.72. The van der Waals surface area contributed by atoms with Crippen LogP contribution in [0.1, 0.15) is 82.3 Å². The second-order valence-electron chi connectivity index (χ2n) is 11.3. The van der Waals surface area contributed by atoms with Crippen molar-refractivity contribution in [3.63, 3.8) is 0 Å². The van der Waals surface area contributed by atoms with E-state index in [2.05, 4.69) is 36.5 Å². The molecule has 1 heterocycles. The van der Waals surface area contributed by atoms with Gasteiger partial charge in [0.05, 0.1) is 12.2 Å². The molecule has 1 N–H and O–H groups in total. The van der Waals surface area contributed by atoms with E-state index in [1.165, 1.54) is 49.7 Å². The summed E-state index contributed by atoms with van der Waals surface area (Å²) in [6.07, 6.45) is 12.3. The SMILES string of the molecule is CC(C(=O)NC12CC3CC(CC(C3)C1)C2)[C@H]1CC[C@]2(CC1)OCc1ccccc12. The van der Waals surface area contributed by atoms with Crippen LogP contribution >= 0.6 is 0 Å². The van der Waals surface area contributed by atoms with E-state index in [1.807, 2.05) is 0 Å². The van der Waals surface area contributed by atoms with Crippen molar-refractivity contribution in [1.29, 1.82) is 0 Å². The lowest BCUT2D eigenvalue weighted by molar-refractivity contribution is -0.134. The van der Waals surface area contributed by atoms with Gasteiger partial charge in [-0.25, -0.2) is 0 Å². The first-order valence-electron chi connectivity index (χ1n) is 12.1. The van der Waals surface area contributed by atoms with Gasteiger partial charge in [0, 0.05) is 11.5 Å². The van der Waals surface area contributed by atoms with Gasteiger partial charge in [-0.1, -0.05) is 31.2 Å². The zero-order valence-electron chi connectivity index (χ0n) is 17.8. The lowest BCUT2D eigenvalue weighted by atomic mass is 9.53. The number of carbonyl (C=O) groups is 1. The molecule has 6 aliphatic rings. The van der Waals surface area contributed by atoms with Crippen molar-refractivity contribution < 1.29 is 9.53 Å². The fourth-order valence-corrected chi connectivity index (χ4v) is 8.26. The van der Waals surface area contributed by atoms with E-state index < -0.39 is 0 Å². The Morgan fingerprint density at radius 3 is 2.31 bits per heavy atom. The molecule has 4 bridgehead atoms. The fraction of sp³-hybridized carbons (Fsp3) is 0.731. The maximum Gasteiger partial charge on any atom is 0.223 e. The van der Waals surface area contributed by atoms with Crippen LogP contribution in [0.15, 0.2) is 24.3 Å². The number of benzene rings is 1. The van der Waals surface area contributed by atoms with E-state index in [-0.39, 0.29) is 17.1 Å². The number of hydrogen-bond acceptors (Lipinski definition) is 2. The molecule has 1 unspecified atom stereocenters. The summed E-state index contributed by atoms with van der Waals surface area (Å²) < 4.78 is 6.33. The third-order valence-electron chi connectivity index (χ3n) is 9.40. The van der Waals surface area contributed by atoms with Crippen LogP contribution in [0, 0.1) is 29.6 Å². The number of nitrogens with one attached hydrogen (secondary N) is 1. The zero-order chi connectivity index (χ0) is 19.6. The largest absolute Gasteiger partial charge is 0.366 e. The van der Waals surface area contributed by atoms with Crippen molar-refractivity contribution in [2.24, 2.45) is 29.6 Å². The summed E-state index contributed by atoms with van der Waals surface area (Å²) >= 11 is 0. The Hall–Kier alpha value is -1.35. The monoisotopic (exact) mass is 393 g/mol. The van der Waals surface area contributed by atoms with Crippen LogP contribution in [0.2, 0.25) is 0 Å². The van der Waals surface area contributed by atoms with Gasteiger partial charge >= 0.3 is 0 Å². The van der Waals surface area contributed by atoms with Crippen molar-refractivity contribution in [3.8, 4) is 0 Å². The van der Waals surface area contributed by atoms with Gasteiger partial charge in [-0.15, -0.1) is 0 Å². The van der Waals surface area contributed by atoms with E-state index in [0.717, 1.165) is 50.0 Å². The molecule has 7 rings (SSSR count). The van der Waals surface area contributed by atoms with Crippen molar-refractivity contribution >= 4 is 5.91 Å². The topological polar surface area (TPSA) is 38.3 Å². The first-order chi connectivity index (χ1) is 14.0. The molecule has 5 saturated carbocycles. The fourth-order valence-electron chi connectivity index (χ4n) is 8.26. The Morgan fingerprint density at radius 2 is 1.66 bits per heavy atom. The number of carbonyl (C=O) groups excluding carboxylic acids is 1. The maximum atomic E-state index is 13.3. The molecule has 1 atom stereocenters. The molecule has 0 aromatic heterocycles. The summed E-state index contributed by atoms with van der Waals surface area (Å²) in [6.45, 7) is 2.94. The van der Waals surface area contributed by atoms with E-state index in [1.54, 1.807) is 0 Å². The molecule has 0 saturated heterocycles. The van der Waals surface area contributed by atoms with Crippen LogP contribution in [0.3, 0.4) is 0 Å². The molecule has 1 aromatic rings. The number of ether oxygens (including phenoxy) is 1. The van der Waals surface area contributed by atoms with Gasteiger partial charge in [0.1, 0.15) is 0 Å². The standard InChI is InChI=1S/C26H35NO2/c1-17(24(28)27-25-13-18-10-19(14-25)12-20(11-18)15-25)21-6-8-26(9-7-21)23-5-3-2-4-22(23)16-29-26/h2-5,17-21H,6-16H2,1H3,(H,27,28)/t17?,18?,19?,20?,21-,25?,26+. The quantitative estimate of drug-likeness (QED) is 0.754. The van der Waals surface area contributed by atoms with Gasteiger partial charge in [-0.05, 0) is 99.0 Å². The minimum absolute atomic E-state index is 0.0801. The molecule has 5 aliphatic carbocycles. The van der Waals surface area contributed by atoms with Gasteiger partial charge in [0.2, 0.25) is 5.91 Å². The molecule has 1 aromatic carbocycles. The van der Waals surface area contributed by atoms with Crippen LogP contribution in [0.5, 0.6) is 0 Å². The van der Waals surface area contributed by atoms with Crippen LogP contribution in [-0.2, 0) is 21.7 Å². The minimum atomic E-state index is -0.0801. The van der Waals surface area contributed by atoms with Gasteiger partial charge < -0.3 is 10.1 Å². The first kappa shape index (κ1) is 18.4. The Morgan fingerprint density at radius 1 is 1.03 bits per heavy atom. The average molecular weight is 394 g/mol. The lowest BCUT2D eigenvalue weighted by Gasteiger charge is -2.57. The number of fused-ring (bicyclic) bond motifs is 2. The Bertz CT molecular complexity index is 771. The number of hydrogen-bond donors (Lipinski definition) is 1. The summed E-state index contributed by atoms with van der Waals surface area (Å²) in [7, 11) is 0. The normalized spacial score (nSPS) is 43.3. The van der Waals surface area contributed by atoms with Crippen LogP contribution in [0.25, 0.3) is 0 Å². The summed E-state index contributed by atoms with van der Waals surface area (Å²) in [5, 5.41) is 3.63. The molecule has 1 spiro atoms. The Labute approximate surface area is 175 Å². The summed E-state index contributed by atoms with van der Waals surface area (Å²) in [4.78, 5) is 13.3. The third-order valence-corrected chi connectivity index (χ3v) is 9.40. The highest BCUT2D eigenvalue weighted by molar-refractivity contribution is 5.79. The maximum absolute atomic E-state index is 13.3. The van der Waals surface area contributed by atoms with Crippen molar-refractivity contribution in [2.45, 2.75) is 88.9 Å². The van der Waals surface area contributed by atoms with Crippen LogP contribution in [0.4, 0.5) is 0 Å². The molecule has 156 valence electrons. The van der Waals surface area contributed by atoms with Gasteiger partial charge in [0.15, 0.2) is 0 Å². The lowest BCUT2D eigenvalue weighted by Crippen LogP contribution is -2.61.